The fraction of sp³-hybridized carbons (Fsp3) is 0.200. The molecule has 0 atom stereocenters. The van der Waals surface area contributed by atoms with Gasteiger partial charge in [-0.2, -0.15) is 0 Å². The zero-order chi connectivity index (χ0) is 18.5. The van der Waals surface area contributed by atoms with Crippen LogP contribution in [0.2, 0.25) is 5.02 Å². The van der Waals surface area contributed by atoms with Crippen molar-refractivity contribution in [3.8, 4) is 5.75 Å². The fourth-order valence-electron chi connectivity index (χ4n) is 2.53. The van der Waals surface area contributed by atoms with Gasteiger partial charge in [0.25, 0.3) is 11.8 Å². The summed E-state index contributed by atoms with van der Waals surface area (Å²) in [5.74, 6) is 0.111. The maximum Gasteiger partial charge on any atom is 0.291 e. The second kappa shape index (κ2) is 8.06. The summed E-state index contributed by atoms with van der Waals surface area (Å²) in [6.07, 6.45) is 3.56. The number of fused-ring (bicyclic) bond motifs is 1. The molecule has 0 aliphatic carbocycles. The molecule has 0 saturated heterocycles. The van der Waals surface area contributed by atoms with Gasteiger partial charge in [0.1, 0.15) is 0 Å². The number of halogens is 1. The van der Waals surface area contributed by atoms with Gasteiger partial charge in [0.05, 0.1) is 5.69 Å². The Morgan fingerprint density at radius 3 is 2.88 bits per heavy atom. The molecule has 2 amide bonds. The summed E-state index contributed by atoms with van der Waals surface area (Å²) < 4.78 is 5.70. The second-order valence-corrected chi connectivity index (χ2v) is 6.38. The summed E-state index contributed by atoms with van der Waals surface area (Å²) in [6.45, 7) is 2.69. The molecular formula is C20H19ClN2O3. The highest BCUT2D eigenvalue weighted by atomic mass is 35.5. The van der Waals surface area contributed by atoms with Crippen molar-refractivity contribution in [1.82, 2.24) is 5.32 Å². The van der Waals surface area contributed by atoms with Crippen molar-refractivity contribution in [2.75, 3.05) is 11.9 Å². The van der Waals surface area contributed by atoms with Crippen LogP contribution in [0.25, 0.3) is 6.08 Å². The van der Waals surface area contributed by atoms with Crippen molar-refractivity contribution in [2.24, 2.45) is 0 Å². The lowest BCUT2D eigenvalue weighted by Gasteiger charge is -2.20. The van der Waals surface area contributed by atoms with Crippen LogP contribution in [0.3, 0.4) is 0 Å². The lowest BCUT2D eigenvalue weighted by Crippen LogP contribution is -2.26. The Hall–Kier alpha value is -2.79. The molecule has 0 spiro atoms. The molecule has 2 aromatic rings. The first-order chi connectivity index (χ1) is 12.6. The van der Waals surface area contributed by atoms with Gasteiger partial charge in [-0.1, -0.05) is 37.1 Å². The van der Waals surface area contributed by atoms with E-state index in [4.69, 9.17) is 16.3 Å². The van der Waals surface area contributed by atoms with Gasteiger partial charge in [0.2, 0.25) is 0 Å². The molecule has 0 unspecified atom stereocenters. The van der Waals surface area contributed by atoms with E-state index in [-0.39, 0.29) is 17.6 Å². The summed E-state index contributed by atoms with van der Waals surface area (Å²) in [5, 5.41) is 6.19. The first-order valence-corrected chi connectivity index (χ1v) is 8.83. The number of anilines is 1. The van der Waals surface area contributed by atoms with E-state index < -0.39 is 0 Å². The van der Waals surface area contributed by atoms with Gasteiger partial charge in [-0.25, -0.2) is 0 Å². The number of nitrogens with one attached hydrogen (secondary N) is 2. The zero-order valence-electron chi connectivity index (χ0n) is 14.3. The average molecular weight is 371 g/mol. The monoisotopic (exact) mass is 370 g/mol. The van der Waals surface area contributed by atoms with E-state index in [1.54, 1.807) is 42.5 Å². The molecule has 0 fully saturated rings. The third-order valence-corrected chi connectivity index (χ3v) is 4.13. The Bertz CT molecular complexity index is 877. The summed E-state index contributed by atoms with van der Waals surface area (Å²) >= 11 is 5.96. The molecule has 26 heavy (non-hydrogen) atoms. The number of rotatable bonds is 5. The highest BCUT2D eigenvalue weighted by Gasteiger charge is 2.23. The predicted octanol–water partition coefficient (Wildman–Crippen LogP) is 4.24. The molecule has 0 bridgehead atoms. The van der Waals surface area contributed by atoms with Crippen LogP contribution in [0.1, 0.15) is 35.7 Å². The van der Waals surface area contributed by atoms with E-state index in [0.29, 0.717) is 28.6 Å². The number of ether oxygens (including phenoxy) is 1. The molecule has 2 aromatic carbocycles. The topological polar surface area (TPSA) is 67.4 Å². The summed E-state index contributed by atoms with van der Waals surface area (Å²) in [4.78, 5) is 24.4. The molecule has 2 N–H and O–H groups in total. The quantitative estimate of drug-likeness (QED) is 0.611. The highest BCUT2D eigenvalue weighted by Crippen LogP contribution is 2.32. The number of hydrogen-bond donors (Lipinski definition) is 2. The van der Waals surface area contributed by atoms with Gasteiger partial charge in [-0.15, -0.1) is 0 Å². The minimum atomic E-state index is -0.374. The van der Waals surface area contributed by atoms with Crippen LogP contribution in [0.15, 0.2) is 48.2 Å². The molecule has 0 radical (unpaired) electrons. The molecule has 0 aromatic heterocycles. The minimum absolute atomic E-state index is 0.167. The van der Waals surface area contributed by atoms with Gasteiger partial charge in [-0.3, -0.25) is 9.59 Å². The maximum absolute atomic E-state index is 12.3. The molecule has 1 aliphatic heterocycles. The van der Waals surface area contributed by atoms with Crippen molar-refractivity contribution >= 4 is 35.2 Å². The third kappa shape index (κ3) is 4.24. The Balaban J connectivity index is 1.78. The number of amides is 2. The summed E-state index contributed by atoms with van der Waals surface area (Å²) in [6, 6.07) is 12.1. The van der Waals surface area contributed by atoms with Crippen molar-refractivity contribution in [3.63, 3.8) is 0 Å². The van der Waals surface area contributed by atoms with Gasteiger partial charge < -0.3 is 15.4 Å². The summed E-state index contributed by atoms with van der Waals surface area (Å²) in [5.41, 5.74) is 1.71. The van der Waals surface area contributed by atoms with Gasteiger partial charge in [0.15, 0.2) is 11.5 Å². The van der Waals surface area contributed by atoms with Gasteiger partial charge in [0, 0.05) is 17.1 Å². The van der Waals surface area contributed by atoms with Crippen LogP contribution >= 0.6 is 11.6 Å². The van der Waals surface area contributed by atoms with Crippen LogP contribution in [0.4, 0.5) is 5.69 Å². The van der Waals surface area contributed by atoms with Gasteiger partial charge >= 0.3 is 0 Å². The molecule has 1 heterocycles. The highest BCUT2D eigenvalue weighted by molar-refractivity contribution is 6.30. The number of carbonyl (C=O) groups is 2. The van der Waals surface area contributed by atoms with E-state index in [0.717, 1.165) is 18.4 Å². The van der Waals surface area contributed by atoms with E-state index in [1.165, 1.54) is 0 Å². The van der Waals surface area contributed by atoms with Crippen LogP contribution in [0.5, 0.6) is 5.75 Å². The van der Waals surface area contributed by atoms with Crippen LogP contribution in [-0.2, 0) is 4.79 Å². The molecule has 1 aliphatic rings. The lowest BCUT2D eigenvalue weighted by atomic mass is 10.1. The normalized spacial score (nSPS) is 14.4. The third-order valence-electron chi connectivity index (χ3n) is 3.90. The lowest BCUT2D eigenvalue weighted by molar-refractivity contribution is -0.115. The standard InChI is InChI=1S/C20H19ClN2O3/c1-2-3-9-22-19(24)14-7-8-17-16(12-14)23-20(25)18(26-17)11-13-5-4-6-15(21)10-13/h4-8,10-12H,2-3,9H2,1H3,(H,22,24)(H,23,25). The van der Waals surface area contributed by atoms with Gasteiger partial charge in [-0.05, 0) is 48.4 Å². The average Bonchev–Trinajstić information content (AvgIpc) is 2.62. The van der Waals surface area contributed by atoms with Crippen LogP contribution < -0.4 is 15.4 Å². The smallest absolute Gasteiger partial charge is 0.291 e. The summed E-state index contributed by atoms with van der Waals surface area (Å²) in [7, 11) is 0. The first kappa shape index (κ1) is 18.0. The number of unbranched alkanes of at least 4 members (excludes halogenated alkanes) is 1. The van der Waals surface area contributed by atoms with E-state index >= 15 is 0 Å². The fourth-order valence-corrected chi connectivity index (χ4v) is 2.73. The molecule has 5 nitrogen and oxygen atoms in total. The predicted molar refractivity (Wildman–Crippen MR) is 102 cm³/mol. The Morgan fingerprint density at radius 1 is 1.27 bits per heavy atom. The Morgan fingerprint density at radius 2 is 2.12 bits per heavy atom. The minimum Gasteiger partial charge on any atom is -0.449 e. The Labute approximate surface area is 157 Å². The second-order valence-electron chi connectivity index (χ2n) is 5.94. The molecule has 0 saturated carbocycles. The van der Waals surface area contributed by atoms with Crippen LogP contribution in [-0.4, -0.2) is 18.4 Å². The Kier molecular flexibility index (Phi) is 5.58. The first-order valence-electron chi connectivity index (χ1n) is 8.45. The van der Waals surface area contributed by atoms with Crippen molar-refractivity contribution in [1.29, 1.82) is 0 Å². The largest absolute Gasteiger partial charge is 0.449 e. The maximum atomic E-state index is 12.3. The van der Waals surface area contributed by atoms with Crippen molar-refractivity contribution in [2.45, 2.75) is 19.8 Å². The number of carbonyl (C=O) groups excluding carboxylic acids is 2. The van der Waals surface area contributed by atoms with Crippen LogP contribution in [0, 0.1) is 0 Å². The molecule has 134 valence electrons. The molecular weight excluding hydrogens is 352 g/mol. The van der Waals surface area contributed by atoms with E-state index in [9.17, 15) is 9.59 Å². The molecule has 6 heteroatoms. The van der Waals surface area contributed by atoms with Crippen molar-refractivity contribution in [3.05, 3.63) is 64.4 Å². The zero-order valence-corrected chi connectivity index (χ0v) is 15.1. The van der Waals surface area contributed by atoms with E-state index in [2.05, 4.69) is 17.6 Å². The van der Waals surface area contributed by atoms with E-state index in [1.807, 2.05) is 6.07 Å². The number of benzene rings is 2. The SMILES string of the molecule is CCCCNC(=O)c1ccc2c(c1)NC(=O)C(=Cc1cccc(Cl)c1)O2. The van der Waals surface area contributed by atoms with Crippen molar-refractivity contribution < 1.29 is 14.3 Å². The molecule has 3 rings (SSSR count). The number of hydrogen-bond acceptors (Lipinski definition) is 3.